The number of nitrogen functional groups attached to an aromatic ring is 1. The van der Waals surface area contributed by atoms with Gasteiger partial charge >= 0.3 is 0 Å². The molecular formula is C13H19N3OS2. The van der Waals surface area contributed by atoms with E-state index in [1.165, 1.54) is 16.4 Å². The molecule has 0 aliphatic carbocycles. The van der Waals surface area contributed by atoms with Gasteiger partial charge in [-0.25, -0.2) is 0 Å². The fourth-order valence-corrected chi connectivity index (χ4v) is 3.14. The van der Waals surface area contributed by atoms with Crippen molar-refractivity contribution < 1.29 is 4.74 Å². The van der Waals surface area contributed by atoms with Crippen LogP contribution in [0.4, 0.5) is 10.8 Å². The van der Waals surface area contributed by atoms with E-state index in [2.05, 4.69) is 26.8 Å². The molecule has 4 nitrogen and oxygen atoms in total. The average Bonchev–Trinajstić information content (AvgIpc) is 2.97. The summed E-state index contributed by atoms with van der Waals surface area (Å²) in [4.78, 5) is 3.54. The van der Waals surface area contributed by atoms with Gasteiger partial charge in [-0.1, -0.05) is 6.07 Å². The van der Waals surface area contributed by atoms with Crippen LogP contribution >= 0.6 is 22.9 Å². The SMILES string of the molecule is CC(C)Oc1c(N)nsc1N(C)CCc1cccs1. The van der Waals surface area contributed by atoms with Crippen molar-refractivity contribution in [3.05, 3.63) is 22.4 Å². The molecular weight excluding hydrogens is 278 g/mol. The molecule has 2 heterocycles. The van der Waals surface area contributed by atoms with Gasteiger partial charge in [0.1, 0.15) is 0 Å². The van der Waals surface area contributed by atoms with Crippen molar-refractivity contribution in [1.29, 1.82) is 0 Å². The molecule has 0 aliphatic rings. The van der Waals surface area contributed by atoms with Crippen molar-refractivity contribution >= 4 is 33.7 Å². The van der Waals surface area contributed by atoms with Gasteiger partial charge in [0.05, 0.1) is 6.10 Å². The predicted octanol–water partition coefficient (Wildman–Crippen LogP) is 3.25. The molecule has 0 spiro atoms. The Labute approximate surface area is 122 Å². The molecule has 2 N–H and O–H groups in total. The minimum atomic E-state index is 0.100. The molecule has 2 aromatic heterocycles. The first-order valence-electron chi connectivity index (χ1n) is 6.23. The van der Waals surface area contributed by atoms with E-state index in [9.17, 15) is 0 Å². The second kappa shape index (κ2) is 6.25. The zero-order valence-corrected chi connectivity index (χ0v) is 13.1. The Kier molecular flexibility index (Phi) is 4.66. The molecule has 0 amide bonds. The van der Waals surface area contributed by atoms with Crippen LogP contribution in [0, 0.1) is 0 Å². The van der Waals surface area contributed by atoms with Crippen molar-refractivity contribution in [3.8, 4) is 5.75 Å². The van der Waals surface area contributed by atoms with Crippen LogP contribution in [-0.4, -0.2) is 24.1 Å². The summed E-state index contributed by atoms with van der Waals surface area (Å²) in [5, 5.41) is 3.11. The molecule has 0 unspecified atom stereocenters. The zero-order valence-electron chi connectivity index (χ0n) is 11.4. The molecule has 104 valence electrons. The van der Waals surface area contributed by atoms with Crippen LogP contribution in [0.3, 0.4) is 0 Å². The summed E-state index contributed by atoms with van der Waals surface area (Å²) in [7, 11) is 2.05. The monoisotopic (exact) mass is 297 g/mol. The molecule has 0 radical (unpaired) electrons. The highest BCUT2D eigenvalue weighted by Crippen LogP contribution is 2.38. The van der Waals surface area contributed by atoms with Crippen LogP contribution in [0.2, 0.25) is 0 Å². The number of nitrogens with zero attached hydrogens (tertiary/aromatic N) is 2. The Morgan fingerprint density at radius 1 is 1.47 bits per heavy atom. The van der Waals surface area contributed by atoms with Crippen molar-refractivity contribution in [2.24, 2.45) is 0 Å². The number of rotatable bonds is 6. The maximum absolute atomic E-state index is 5.87. The number of thiophene rings is 1. The molecule has 2 aromatic rings. The summed E-state index contributed by atoms with van der Waals surface area (Å²) in [6, 6.07) is 4.24. The smallest absolute Gasteiger partial charge is 0.198 e. The van der Waals surface area contributed by atoms with E-state index in [1.807, 2.05) is 20.9 Å². The fourth-order valence-electron chi connectivity index (χ4n) is 1.71. The van der Waals surface area contributed by atoms with E-state index in [1.54, 1.807) is 11.3 Å². The lowest BCUT2D eigenvalue weighted by molar-refractivity contribution is 0.245. The van der Waals surface area contributed by atoms with E-state index in [0.29, 0.717) is 11.6 Å². The van der Waals surface area contributed by atoms with E-state index in [-0.39, 0.29) is 6.10 Å². The van der Waals surface area contributed by atoms with Crippen LogP contribution in [0.15, 0.2) is 17.5 Å². The van der Waals surface area contributed by atoms with Crippen LogP contribution < -0.4 is 15.4 Å². The van der Waals surface area contributed by atoms with Crippen molar-refractivity contribution in [2.75, 3.05) is 24.2 Å². The van der Waals surface area contributed by atoms with Gasteiger partial charge in [0.15, 0.2) is 16.6 Å². The molecule has 0 saturated carbocycles. The number of aromatic nitrogens is 1. The Hall–Kier alpha value is -1.27. The van der Waals surface area contributed by atoms with Crippen LogP contribution in [-0.2, 0) is 6.42 Å². The molecule has 0 atom stereocenters. The van der Waals surface area contributed by atoms with E-state index >= 15 is 0 Å². The highest BCUT2D eigenvalue weighted by atomic mass is 32.1. The summed E-state index contributed by atoms with van der Waals surface area (Å²) in [6.07, 6.45) is 1.12. The molecule has 6 heteroatoms. The largest absolute Gasteiger partial charge is 0.484 e. The normalized spacial score (nSPS) is 10.9. The van der Waals surface area contributed by atoms with E-state index in [0.717, 1.165) is 18.0 Å². The Bertz CT molecular complexity index is 508. The number of hydrogen-bond donors (Lipinski definition) is 1. The second-order valence-corrected chi connectivity index (χ2v) is 6.40. The van der Waals surface area contributed by atoms with Gasteiger partial charge in [0, 0.05) is 18.5 Å². The van der Waals surface area contributed by atoms with E-state index < -0.39 is 0 Å². The maximum Gasteiger partial charge on any atom is 0.198 e. The standard InChI is InChI=1S/C13H19N3OS2/c1-9(2)17-11-12(14)15-19-13(11)16(3)7-6-10-5-4-8-18-10/h4-5,8-9H,6-7H2,1-3H3,(H2,14,15). The maximum atomic E-state index is 5.87. The molecule has 0 saturated heterocycles. The number of hydrogen-bond acceptors (Lipinski definition) is 6. The van der Waals surface area contributed by atoms with Crippen LogP contribution in [0.5, 0.6) is 5.75 Å². The van der Waals surface area contributed by atoms with Crippen molar-refractivity contribution in [3.63, 3.8) is 0 Å². The first-order chi connectivity index (χ1) is 9.08. The van der Waals surface area contributed by atoms with Gasteiger partial charge in [-0.05, 0) is 43.2 Å². The number of nitrogens with two attached hydrogens (primary N) is 1. The minimum Gasteiger partial charge on any atom is -0.484 e. The highest BCUT2D eigenvalue weighted by Gasteiger charge is 2.17. The second-order valence-electron chi connectivity index (χ2n) is 4.62. The molecule has 0 fully saturated rings. The lowest BCUT2D eigenvalue weighted by Crippen LogP contribution is -2.20. The molecule has 2 rings (SSSR count). The summed E-state index contributed by atoms with van der Waals surface area (Å²) >= 11 is 3.18. The third-order valence-electron chi connectivity index (χ3n) is 2.63. The minimum absolute atomic E-state index is 0.100. The van der Waals surface area contributed by atoms with Gasteiger partial charge < -0.3 is 15.4 Å². The van der Waals surface area contributed by atoms with Crippen LogP contribution in [0.1, 0.15) is 18.7 Å². The van der Waals surface area contributed by atoms with Gasteiger partial charge in [-0.3, -0.25) is 0 Å². The zero-order chi connectivity index (χ0) is 13.8. The Morgan fingerprint density at radius 2 is 2.26 bits per heavy atom. The third-order valence-corrected chi connectivity index (χ3v) is 4.53. The van der Waals surface area contributed by atoms with Gasteiger partial charge in [-0.15, -0.1) is 11.3 Å². The summed E-state index contributed by atoms with van der Waals surface area (Å²) < 4.78 is 9.95. The lowest BCUT2D eigenvalue weighted by Gasteiger charge is -2.19. The average molecular weight is 297 g/mol. The molecule has 0 bridgehead atoms. The van der Waals surface area contributed by atoms with E-state index in [4.69, 9.17) is 10.5 Å². The summed E-state index contributed by atoms with van der Waals surface area (Å²) in [6.45, 7) is 4.91. The summed E-state index contributed by atoms with van der Waals surface area (Å²) in [5.74, 6) is 1.20. The fraction of sp³-hybridized carbons (Fsp3) is 0.462. The number of ether oxygens (including phenoxy) is 1. The van der Waals surface area contributed by atoms with Crippen molar-refractivity contribution in [2.45, 2.75) is 26.4 Å². The predicted molar refractivity (Wildman–Crippen MR) is 83.6 cm³/mol. The third kappa shape index (κ3) is 3.61. The van der Waals surface area contributed by atoms with Gasteiger partial charge in [0.25, 0.3) is 0 Å². The molecule has 0 aliphatic heterocycles. The molecule has 0 aromatic carbocycles. The number of anilines is 2. The quantitative estimate of drug-likeness (QED) is 0.889. The first-order valence-corrected chi connectivity index (χ1v) is 7.88. The topological polar surface area (TPSA) is 51.4 Å². The Balaban J connectivity index is 2.04. The molecule has 19 heavy (non-hydrogen) atoms. The van der Waals surface area contributed by atoms with Gasteiger partial charge in [0.2, 0.25) is 0 Å². The highest BCUT2D eigenvalue weighted by molar-refractivity contribution is 7.11. The Morgan fingerprint density at radius 3 is 2.89 bits per heavy atom. The summed E-state index contributed by atoms with van der Waals surface area (Å²) in [5.41, 5.74) is 5.87. The van der Waals surface area contributed by atoms with Crippen molar-refractivity contribution in [1.82, 2.24) is 4.37 Å². The first kappa shape index (κ1) is 14.1. The van der Waals surface area contributed by atoms with Crippen LogP contribution in [0.25, 0.3) is 0 Å². The lowest BCUT2D eigenvalue weighted by atomic mass is 10.3. The van der Waals surface area contributed by atoms with Gasteiger partial charge in [-0.2, -0.15) is 4.37 Å². The number of likely N-dealkylation sites (N-methyl/N-ethyl adjacent to an activating group) is 1.